The summed E-state index contributed by atoms with van der Waals surface area (Å²) in [5, 5.41) is 3.03. The number of nitrogens with zero attached hydrogens (tertiary/aromatic N) is 2. The van der Waals surface area contributed by atoms with E-state index in [0.29, 0.717) is 5.56 Å². The number of carbonyl (C=O) groups is 1. The van der Waals surface area contributed by atoms with Crippen molar-refractivity contribution in [1.29, 1.82) is 0 Å². The number of alkyl carbamates (subject to hydrolysis) is 1. The lowest BCUT2D eigenvalue weighted by Crippen LogP contribution is -2.43. The Bertz CT molecular complexity index is 1130. The molecule has 8 nitrogen and oxygen atoms in total. The second kappa shape index (κ2) is 11.3. The minimum Gasteiger partial charge on any atom is -0.493 e. The maximum atomic E-state index is 12.4. The molecule has 1 amide bonds. The largest absolute Gasteiger partial charge is 0.493 e. The summed E-state index contributed by atoms with van der Waals surface area (Å²) in [7, 11) is 1.67. The van der Waals surface area contributed by atoms with Crippen LogP contribution in [0.3, 0.4) is 0 Å². The van der Waals surface area contributed by atoms with E-state index in [0.717, 1.165) is 55.6 Å². The number of anilines is 1. The summed E-state index contributed by atoms with van der Waals surface area (Å²) in [6.07, 6.45) is 10.7. The second-order valence-corrected chi connectivity index (χ2v) is 11.0. The van der Waals surface area contributed by atoms with Crippen LogP contribution in [-0.4, -0.2) is 40.9 Å². The molecule has 4 rings (SSSR count). The van der Waals surface area contributed by atoms with Crippen LogP contribution in [0.1, 0.15) is 83.3 Å². The van der Waals surface area contributed by atoms with Gasteiger partial charge in [-0.15, -0.1) is 0 Å². The van der Waals surface area contributed by atoms with Crippen molar-refractivity contribution in [2.24, 2.45) is 0 Å². The summed E-state index contributed by atoms with van der Waals surface area (Å²) >= 11 is 0. The Labute approximate surface area is 219 Å². The zero-order valence-corrected chi connectivity index (χ0v) is 22.3. The number of ether oxygens (including phenoxy) is 3. The lowest BCUT2D eigenvalue weighted by Gasteiger charge is -2.37. The predicted molar refractivity (Wildman–Crippen MR) is 143 cm³/mol. The van der Waals surface area contributed by atoms with Gasteiger partial charge in [0.25, 0.3) is 0 Å². The molecule has 1 aromatic heterocycles. The van der Waals surface area contributed by atoms with Crippen LogP contribution in [0.5, 0.6) is 11.5 Å². The van der Waals surface area contributed by atoms with Gasteiger partial charge in [0, 0.05) is 18.4 Å². The van der Waals surface area contributed by atoms with E-state index in [1.54, 1.807) is 19.5 Å². The molecule has 0 bridgehead atoms. The summed E-state index contributed by atoms with van der Waals surface area (Å²) < 4.78 is 17.5. The predicted octanol–water partition coefficient (Wildman–Crippen LogP) is 5.15. The normalized spacial score (nSPS) is 22.0. The molecule has 2 aliphatic rings. The number of methoxy groups -OCH3 is 1. The van der Waals surface area contributed by atoms with E-state index in [1.165, 1.54) is 12.8 Å². The highest BCUT2D eigenvalue weighted by Gasteiger charge is 2.37. The number of nitrogen functional groups attached to an aromatic ring is 1. The first-order valence-electron chi connectivity index (χ1n) is 13.1. The van der Waals surface area contributed by atoms with Crippen molar-refractivity contribution in [3.8, 4) is 23.3 Å². The molecular weight excluding hydrogens is 468 g/mol. The quantitative estimate of drug-likeness (QED) is 0.540. The van der Waals surface area contributed by atoms with Crippen molar-refractivity contribution in [1.82, 2.24) is 15.3 Å². The zero-order valence-electron chi connectivity index (χ0n) is 22.3. The molecule has 0 unspecified atom stereocenters. The van der Waals surface area contributed by atoms with Crippen molar-refractivity contribution in [3.05, 3.63) is 41.7 Å². The van der Waals surface area contributed by atoms with Crippen LogP contribution in [0.4, 0.5) is 10.7 Å². The summed E-state index contributed by atoms with van der Waals surface area (Å²) in [5.41, 5.74) is 6.48. The molecule has 1 heterocycles. The maximum absolute atomic E-state index is 12.4. The Balaban J connectivity index is 1.60. The molecule has 2 aromatic rings. The number of nitrogens with one attached hydrogen (secondary N) is 1. The highest BCUT2D eigenvalue weighted by atomic mass is 16.6. The van der Waals surface area contributed by atoms with Crippen molar-refractivity contribution >= 4 is 12.0 Å². The minimum absolute atomic E-state index is 0.0251. The number of nitrogens with two attached hydrogens (primary N) is 1. The molecule has 0 atom stereocenters. The molecule has 3 N–H and O–H groups in total. The van der Waals surface area contributed by atoms with Gasteiger partial charge in [0.05, 0.1) is 24.2 Å². The van der Waals surface area contributed by atoms with Crippen LogP contribution in [0, 0.1) is 11.8 Å². The zero-order chi connectivity index (χ0) is 26.5. The van der Waals surface area contributed by atoms with Gasteiger partial charge in [-0.3, -0.25) is 0 Å². The number of amides is 1. The van der Waals surface area contributed by atoms with Gasteiger partial charge in [-0.2, -0.15) is 0 Å². The average Bonchev–Trinajstić information content (AvgIpc) is 3.37. The molecule has 0 saturated heterocycles. The third kappa shape index (κ3) is 7.06. The van der Waals surface area contributed by atoms with E-state index >= 15 is 0 Å². The first-order valence-corrected chi connectivity index (χ1v) is 13.1. The van der Waals surface area contributed by atoms with E-state index in [-0.39, 0.29) is 24.2 Å². The number of carbonyl (C=O) groups excluding carboxylic acids is 1. The summed E-state index contributed by atoms with van der Waals surface area (Å²) in [6.45, 7) is 5.59. The van der Waals surface area contributed by atoms with Crippen LogP contribution >= 0.6 is 0 Å². The van der Waals surface area contributed by atoms with Gasteiger partial charge >= 0.3 is 6.09 Å². The lowest BCUT2D eigenvalue weighted by atomic mass is 9.68. The molecule has 8 heteroatoms. The molecule has 0 aliphatic heterocycles. The van der Waals surface area contributed by atoms with E-state index in [2.05, 4.69) is 39.3 Å². The van der Waals surface area contributed by atoms with Gasteiger partial charge in [-0.05, 0) is 89.8 Å². The van der Waals surface area contributed by atoms with Gasteiger partial charge in [-0.1, -0.05) is 17.9 Å². The molecule has 2 saturated carbocycles. The third-order valence-electron chi connectivity index (χ3n) is 6.99. The Morgan fingerprint density at radius 1 is 1.08 bits per heavy atom. The second-order valence-electron chi connectivity index (χ2n) is 11.0. The van der Waals surface area contributed by atoms with E-state index in [4.69, 9.17) is 19.9 Å². The Hall–Kier alpha value is -3.47. The summed E-state index contributed by atoms with van der Waals surface area (Å²) in [5.74, 6) is 8.53. The van der Waals surface area contributed by atoms with Gasteiger partial charge in [0.1, 0.15) is 5.60 Å². The van der Waals surface area contributed by atoms with E-state index in [9.17, 15) is 4.79 Å². The first-order chi connectivity index (χ1) is 17.7. The highest BCUT2D eigenvalue weighted by Crippen LogP contribution is 2.43. The van der Waals surface area contributed by atoms with E-state index in [1.807, 2.05) is 26.8 Å². The minimum atomic E-state index is -0.534. The topological polar surface area (TPSA) is 109 Å². The molecule has 0 spiro atoms. The van der Waals surface area contributed by atoms with E-state index < -0.39 is 11.0 Å². The highest BCUT2D eigenvalue weighted by molar-refractivity contribution is 5.68. The summed E-state index contributed by atoms with van der Waals surface area (Å²) in [6, 6.07) is 6.17. The SMILES string of the molecule is COc1ccc([C@]2(C#Cc3cnc(N)nc3)CC[C@H](NC(=O)OC(C)(C)C)CC2)cc1OC1CCCC1. The Morgan fingerprint density at radius 2 is 1.76 bits per heavy atom. The number of rotatable bonds is 5. The van der Waals surface area contributed by atoms with Crippen LogP contribution in [-0.2, 0) is 10.2 Å². The Kier molecular flexibility index (Phi) is 8.11. The van der Waals surface area contributed by atoms with Gasteiger partial charge in [0.15, 0.2) is 11.5 Å². The van der Waals surface area contributed by atoms with Crippen LogP contribution < -0.4 is 20.5 Å². The number of aromatic nitrogens is 2. The standard InChI is InChI=1S/C29H38N4O4/c1-28(2,3)37-27(34)33-22-12-15-29(16-13-22,14-11-20-18-31-26(30)32-19-20)21-9-10-24(35-4)25(17-21)36-23-7-5-6-8-23/h9-10,17-19,22-23H,5-8,12-13,15-16H2,1-4H3,(H,33,34)(H2,30,31,32)/t22-,29+. The fourth-order valence-corrected chi connectivity index (χ4v) is 5.06. The average molecular weight is 507 g/mol. The van der Waals surface area contributed by atoms with Crippen LogP contribution in [0.25, 0.3) is 0 Å². The molecule has 2 fully saturated rings. The van der Waals surface area contributed by atoms with Crippen molar-refractivity contribution in [2.45, 2.75) is 95.3 Å². The van der Waals surface area contributed by atoms with Crippen molar-refractivity contribution in [3.63, 3.8) is 0 Å². The molecule has 0 radical (unpaired) electrons. The van der Waals surface area contributed by atoms with Crippen LogP contribution in [0.15, 0.2) is 30.6 Å². The number of hydrogen-bond acceptors (Lipinski definition) is 7. The molecular formula is C29H38N4O4. The van der Waals surface area contributed by atoms with Crippen LogP contribution in [0.2, 0.25) is 0 Å². The smallest absolute Gasteiger partial charge is 0.407 e. The lowest BCUT2D eigenvalue weighted by molar-refractivity contribution is 0.0487. The maximum Gasteiger partial charge on any atom is 0.407 e. The summed E-state index contributed by atoms with van der Waals surface area (Å²) in [4.78, 5) is 20.5. The van der Waals surface area contributed by atoms with Gasteiger partial charge in [-0.25, -0.2) is 14.8 Å². The first kappa shape index (κ1) is 26.6. The Morgan fingerprint density at radius 3 is 2.38 bits per heavy atom. The fraction of sp³-hybridized carbons (Fsp3) is 0.552. The molecule has 1 aromatic carbocycles. The third-order valence-corrected chi connectivity index (χ3v) is 6.99. The molecule has 198 valence electrons. The van der Waals surface area contributed by atoms with Gasteiger partial charge in [0.2, 0.25) is 5.95 Å². The fourth-order valence-electron chi connectivity index (χ4n) is 5.06. The molecule has 2 aliphatic carbocycles. The van der Waals surface area contributed by atoms with Crippen molar-refractivity contribution < 1.29 is 19.0 Å². The number of hydrogen-bond donors (Lipinski definition) is 2. The number of benzene rings is 1. The monoisotopic (exact) mass is 506 g/mol. The van der Waals surface area contributed by atoms with Crippen molar-refractivity contribution in [2.75, 3.05) is 12.8 Å². The van der Waals surface area contributed by atoms with Gasteiger partial charge < -0.3 is 25.3 Å². The molecule has 37 heavy (non-hydrogen) atoms.